The van der Waals surface area contributed by atoms with Crippen molar-refractivity contribution in [2.24, 2.45) is 0 Å². The van der Waals surface area contributed by atoms with E-state index in [9.17, 15) is 0 Å². The number of nitrogen functional groups attached to an aromatic ring is 1. The van der Waals surface area contributed by atoms with Crippen molar-refractivity contribution < 1.29 is 9.47 Å². The maximum Gasteiger partial charge on any atom is 0.224 e. The molecule has 1 aromatic heterocycles. The van der Waals surface area contributed by atoms with Gasteiger partial charge in [-0.25, -0.2) is 4.98 Å². The van der Waals surface area contributed by atoms with Crippen molar-refractivity contribution in [3.63, 3.8) is 0 Å². The summed E-state index contributed by atoms with van der Waals surface area (Å²) in [6.45, 7) is 4.46. The minimum Gasteiger partial charge on any atom is -0.490 e. The van der Waals surface area contributed by atoms with E-state index in [-0.39, 0.29) is 0 Å². The molecule has 0 aliphatic carbocycles. The van der Waals surface area contributed by atoms with Gasteiger partial charge in [0.15, 0.2) is 11.5 Å². The third-order valence-corrected chi connectivity index (χ3v) is 2.36. The molecule has 5 heteroatoms. The predicted molar refractivity (Wildman–Crippen MR) is 73.5 cm³/mol. The number of rotatable bonds is 5. The Morgan fingerprint density at radius 2 is 1.89 bits per heavy atom. The molecule has 1 aromatic carbocycles. The van der Waals surface area contributed by atoms with Gasteiger partial charge in [0, 0.05) is 6.07 Å². The van der Waals surface area contributed by atoms with E-state index in [1.54, 1.807) is 13.0 Å². The van der Waals surface area contributed by atoms with Crippen molar-refractivity contribution in [1.29, 1.82) is 0 Å². The number of nitrogens with two attached hydrogens (primary N) is 1. The third-order valence-electron chi connectivity index (χ3n) is 2.36. The summed E-state index contributed by atoms with van der Waals surface area (Å²) in [7, 11) is 0. The van der Waals surface area contributed by atoms with E-state index in [0.29, 0.717) is 35.6 Å². The van der Waals surface area contributed by atoms with Crippen LogP contribution in [0, 0.1) is 6.92 Å². The monoisotopic (exact) mass is 259 g/mol. The summed E-state index contributed by atoms with van der Waals surface area (Å²) in [4.78, 5) is 8.19. The molecular weight excluding hydrogens is 242 g/mol. The van der Waals surface area contributed by atoms with Crippen LogP contribution in [0.5, 0.6) is 17.4 Å². The van der Waals surface area contributed by atoms with Gasteiger partial charge < -0.3 is 15.2 Å². The van der Waals surface area contributed by atoms with Gasteiger partial charge in [-0.2, -0.15) is 4.98 Å². The van der Waals surface area contributed by atoms with Gasteiger partial charge in [-0.1, -0.05) is 19.1 Å². The van der Waals surface area contributed by atoms with Gasteiger partial charge in [0.05, 0.1) is 6.61 Å². The lowest BCUT2D eigenvalue weighted by molar-refractivity contribution is 0.300. The van der Waals surface area contributed by atoms with E-state index in [4.69, 9.17) is 15.2 Å². The number of ether oxygens (including phenoxy) is 2. The third kappa shape index (κ3) is 3.58. The molecule has 0 saturated heterocycles. The SMILES string of the molecule is CCCOc1ccccc1Oc1cc(N)nc(C)n1. The fourth-order valence-electron chi connectivity index (χ4n) is 1.59. The van der Waals surface area contributed by atoms with E-state index in [0.717, 1.165) is 6.42 Å². The zero-order valence-electron chi connectivity index (χ0n) is 11.1. The molecule has 2 aromatic rings. The summed E-state index contributed by atoms with van der Waals surface area (Å²) in [5.74, 6) is 2.68. The first kappa shape index (κ1) is 13.1. The first-order valence-corrected chi connectivity index (χ1v) is 6.20. The minimum atomic E-state index is 0.384. The van der Waals surface area contributed by atoms with Crippen LogP contribution in [0.15, 0.2) is 30.3 Å². The van der Waals surface area contributed by atoms with Crippen molar-refractivity contribution in [3.8, 4) is 17.4 Å². The van der Waals surface area contributed by atoms with Crippen LogP contribution in [0.1, 0.15) is 19.2 Å². The normalized spacial score (nSPS) is 10.2. The molecule has 0 saturated carbocycles. The lowest BCUT2D eigenvalue weighted by Crippen LogP contribution is -2.00. The number of hydrogen-bond acceptors (Lipinski definition) is 5. The maximum absolute atomic E-state index is 5.71. The molecule has 0 bridgehead atoms. The van der Waals surface area contributed by atoms with Crippen molar-refractivity contribution in [2.75, 3.05) is 12.3 Å². The summed E-state index contributed by atoms with van der Waals surface area (Å²) >= 11 is 0. The van der Waals surface area contributed by atoms with Crippen LogP contribution < -0.4 is 15.2 Å². The number of nitrogens with zero attached hydrogens (tertiary/aromatic N) is 2. The quantitative estimate of drug-likeness (QED) is 0.893. The molecule has 0 fully saturated rings. The van der Waals surface area contributed by atoms with Crippen molar-refractivity contribution in [2.45, 2.75) is 20.3 Å². The molecule has 2 N–H and O–H groups in total. The molecule has 19 heavy (non-hydrogen) atoms. The lowest BCUT2D eigenvalue weighted by atomic mass is 10.3. The van der Waals surface area contributed by atoms with E-state index in [2.05, 4.69) is 16.9 Å². The molecule has 0 amide bonds. The van der Waals surface area contributed by atoms with Crippen LogP contribution in [0.25, 0.3) is 0 Å². The highest BCUT2D eigenvalue weighted by Crippen LogP contribution is 2.30. The molecule has 100 valence electrons. The number of benzene rings is 1. The molecule has 0 radical (unpaired) electrons. The fourth-order valence-corrected chi connectivity index (χ4v) is 1.59. The predicted octanol–water partition coefficient (Wildman–Crippen LogP) is 2.95. The van der Waals surface area contributed by atoms with E-state index < -0.39 is 0 Å². The first-order valence-electron chi connectivity index (χ1n) is 6.20. The summed E-state index contributed by atoms with van der Waals surface area (Å²) in [6, 6.07) is 9.06. The van der Waals surface area contributed by atoms with Gasteiger partial charge in [-0.3, -0.25) is 0 Å². The minimum absolute atomic E-state index is 0.384. The Morgan fingerprint density at radius 1 is 1.16 bits per heavy atom. The van der Waals surface area contributed by atoms with Crippen molar-refractivity contribution >= 4 is 5.82 Å². The lowest BCUT2D eigenvalue weighted by Gasteiger charge is -2.11. The number of hydrogen-bond donors (Lipinski definition) is 1. The van der Waals surface area contributed by atoms with Gasteiger partial charge >= 0.3 is 0 Å². The summed E-state index contributed by atoms with van der Waals surface area (Å²) < 4.78 is 11.3. The Bertz CT molecular complexity index is 538. The average Bonchev–Trinajstić information content (AvgIpc) is 2.36. The van der Waals surface area contributed by atoms with Crippen LogP contribution in [0.3, 0.4) is 0 Å². The number of aryl methyl sites for hydroxylation is 1. The summed E-state index contributed by atoms with van der Waals surface area (Å²) in [5, 5.41) is 0. The molecule has 5 nitrogen and oxygen atoms in total. The molecule has 0 atom stereocenters. The second-order valence-corrected chi connectivity index (χ2v) is 4.08. The van der Waals surface area contributed by atoms with Crippen LogP contribution in [0.2, 0.25) is 0 Å². The molecule has 0 unspecified atom stereocenters. The number of aromatic nitrogens is 2. The maximum atomic E-state index is 5.71. The standard InChI is InChI=1S/C14H17N3O2/c1-3-8-18-11-6-4-5-7-12(11)19-14-9-13(15)16-10(2)17-14/h4-7,9H,3,8H2,1-2H3,(H2,15,16,17). The topological polar surface area (TPSA) is 70.3 Å². The van der Waals surface area contributed by atoms with E-state index in [1.807, 2.05) is 24.3 Å². The van der Waals surface area contributed by atoms with Gasteiger partial charge in [0.1, 0.15) is 11.6 Å². The summed E-state index contributed by atoms with van der Waals surface area (Å²) in [5.41, 5.74) is 5.67. The van der Waals surface area contributed by atoms with Crippen LogP contribution in [-0.4, -0.2) is 16.6 Å². The van der Waals surface area contributed by atoms with E-state index >= 15 is 0 Å². The Hall–Kier alpha value is -2.30. The van der Waals surface area contributed by atoms with Crippen LogP contribution >= 0.6 is 0 Å². The first-order chi connectivity index (χ1) is 9.19. The molecule has 2 rings (SSSR count). The van der Waals surface area contributed by atoms with Crippen LogP contribution in [0.4, 0.5) is 5.82 Å². The average molecular weight is 259 g/mol. The Kier molecular flexibility index (Phi) is 4.18. The smallest absolute Gasteiger partial charge is 0.224 e. The highest BCUT2D eigenvalue weighted by molar-refractivity contribution is 5.43. The highest BCUT2D eigenvalue weighted by atomic mass is 16.5. The van der Waals surface area contributed by atoms with Crippen LogP contribution in [-0.2, 0) is 0 Å². The Morgan fingerprint density at radius 3 is 2.58 bits per heavy atom. The molecule has 1 heterocycles. The second kappa shape index (κ2) is 6.04. The van der Waals surface area contributed by atoms with Gasteiger partial charge in [0.2, 0.25) is 5.88 Å². The fraction of sp³-hybridized carbons (Fsp3) is 0.286. The van der Waals surface area contributed by atoms with Crippen molar-refractivity contribution in [3.05, 3.63) is 36.2 Å². The van der Waals surface area contributed by atoms with Gasteiger partial charge in [-0.15, -0.1) is 0 Å². The molecule has 0 aliphatic rings. The highest BCUT2D eigenvalue weighted by Gasteiger charge is 2.07. The number of anilines is 1. The largest absolute Gasteiger partial charge is 0.490 e. The second-order valence-electron chi connectivity index (χ2n) is 4.08. The zero-order valence-corrected chi connectivity index (χ0v) is 11.1. The molecular formula is C14H17N3O2. The van der Waals surface area contributed by atoms with Gasteiger partial charge in [0.25, 0.3) is 0 Å². The Labute approximate surface area is 112 Å². The van der Waals surface area contributed by atoms with Gasteiger partial charge in [-0.05, 0) is 25.5 Å². The molecule has 0 spiro atoms. The molecule has 0 aliphatic heterocycles. The Balaban J connectivity index is 2.22. The van der Waals surface area contributed by atoms with E-state index in [1.165, 1.54) is 0 Å². The summed E-state index contributed by atoms with van der Waals surface area (Å²) in [6.07, 6.45) is 0.938. The zero-order chi connectivity index (χ0) is 13.7. The van der Waals surface area contributed by atoms with Crippen molar-refractivity contribution in [1.82, 2.24) is 9.97 Å². The number of para-hydroxylation sites is 2.